The van der Waals surface area contributed by atoms with Crippen molar-refractivity contribution in [1.29, 1.82) is 0 Å². The minimum Gasteiger partial charge on any atom is -0.369 e. The zero-order valence-electron chi connectivity index (χ0n) is 14.7. The van der Waals surface area contributed by atoms with E-state index in [9.17, 15) is 18.0 Å². The van der Waals surface area contributed by atoms with Gasteiger partial charge in [-0.15, -0.1) is 0 Å². The number of hydrogen-bond acceptors (Lipinski definition) is 5. The van der Waals surface area contributed by atoms with Gasteiger partial charge in [0.05, 0.1) is 11.3 Å². The van der Waals surface area contributed by atoms with Gasteiger partial charge in [-0.3, -0.25) is 9.89 Å². The summed E-state index contributed by atoms with van der Waals surface area (Å²) in [5, 5.41) is 7.08. The lowest BCUT2D eigenvalue weighted by molar-refractivity contribution is -0.137. The molecule has 10 heteroatoms. The summed E-state index contributed by atoms with van der Waals surface area (Å²) in [6, 6.07) is 5.66. The van der Waals surface area contributed by atoms with Gasteiger partial charge in [-0.1, -0.05) is 0 Å². The van der Waals surface area contributed by atoms with Crippen molar-refractivity contribution in [2.75, 3.05) is 18.0 Å². The number of rotatable bonds is 3. The summed E-state index contributed by atoms with van der Waals surface area (Å²) < 4.78 is 40.8. The highest BCUT2D eigenvalue weighted by atomic mass is 19.4. The second-order valence-corrected chi connectivity index (χ2v) is 6.70. The van der Waals surface area contributed by atoms with Crippen LogP contribution in [0.3, 0.4) is 0 Å². The van der Waals surface area contributed by atoms with Crippen molar-refractivity contribution in [1.82, 2.24) is 20.2 Å². The Hall–Kier alpha value is -3.17. The Morgan fingerprint density at radius 2 is 1.96 bits per heavy atom. The third-order valence-corrected chi connectivity index (χ3v) is 4.97. The number of carbonyl (C=O) groups is 1. The Morgan fingerprint density at radius 3 is 2.64 bits per heavy atom. The molecule has 1 aliphatic rings. The van der Waals surface area contributed by atoms with Gasteiger partial charge in [-0.25, -0.2) is 9.97 Å². The first-order valence-corrected chi connectivity index (χ1v) is 8.76. The van der Waals surface area contributed by atoms with Crippen LogP contribution >= 0.6 is 0 Å². The summed E-state index contributed by atoms with van der Waals surface area (Å²) >= 11 is 0. The van der Waals surface area contributed by atoms with E-state index in [-0.39, 0.29) is 23.2 Å². The Balaban J connectivity index is 1.76. The topological polar surface area (TPSA) is 101 Å². The summed E-state index contributed by atoms with van der Waals surface area (Å²) in [6.45, 7) is 0.993. The number of nitrogens with two attached hydrogens (primary N) is 1. The molecule has 0 spiro atoms. The molecule has 1 amide bonds. The van der Waals surface area contributed by atoms with Crippen LogP contribution in [0.5, 0.6) is 0 Å². The average Bonchev–Trinajstić information content (AvgIpc) is 3.11. The molecule has 0 saturated carbocycles. The number of alkyl halides is 3. The smallest absolute Gasteiger partial charge is 0.369 e. The predicted octanol–water partition coefficient (Wildman–Crippen LogP) is 2.74. The summed E-state index contributed by atoms with van der Waals surface area (Å²) in [5.41, 5.74) is 4.76. The summed E-state index contributed by atoms with van der Waals surface area (Å²) in [5.74, 6) is -0.150. The normalized spacial score (nSPS) is 15.9. The van der Waals surface area contributed by atoms with Crippen LogP contribution in [0.2, 0.25) is 0 Å². The third-order valence-electron chi connectivity index (χ3n) is 4.97. The highest BCUT2D eigenvalue weighted by molar-refractivity contribution is 5.90. The van der Waals surface area contributed by atoms with Crippen molar-refractivity contribution in [2.45, 2.75) is 19.0 Å². The van der Waals surface area contributed by atoms with E-state index in [0.717, 1.165) is 6.07 Å². The van der Waals surface area contributed by atoms with Gasteiger partial charge in [0.25, 0.3) is 0 Å². The predicted molar refractivity (Wildman–Crippen MR) is 96.3 cm³/mol. The number of fused-ring (bicyclic) bond motifs is 1. The molecular formula is C18H17F3N6O. The number of pyridine rings is 2. The Morgan fingerprint density at radius 1 is 1.21 bits per heavy atom. The highest BCUT2D eigenvalue weighted by Crippen LogP contribution is 2.38. The van der Waals surface area contributed by atoms with Crippen molar-refractivity contribution < 1.29 is 18.0 Å². The number of H-pyrrole nitrogens is 1. The number of anilines is 1. The van der Waals surface area contributed by atoms with E-state index in [1.807, 2.05) is 4.90 Å². The number of piperidine rings is 1. The molecule has 3 aromatic heterocycles. The fraction of sp³-hybridized carbons (Fsp3) is 0.333. The molecule has 4 heterocycles. The van der Waals surface area contributed by atoms with Crippen molar-refractivity contribution in [2.24, 2.45) is 11.7 Å². The zero-order chi connectivity index (χ0) is 19.9. The lowest BCUT2D eigenvalue weighted by Gasteiger charge is -2.31. The molecule has 0 unspecified atom stereocenters. The van der Waals surface area contributed by atoms with Crippen LogP contribution < -0.4 is 10.6 Å². The monoisotopic (exact) mass is 390 g/mol. The Kier molecular flexibility index (Phi) is 4.40. The van der Waals surface area contributed by atoms with Gasteiger partial charge < -0.3 is 10.6 Å². The Bertz CT molecular complexity index is 1020. The maximum atomic E-state index is 13.6. The molecule has 0 radical (unpaired) electrons. The van der Waals surface area contributed by atoms with Crippen molar-refractivity contribution >= 4 is 22.8 Å². The van der Waals surface area contributed by atoms with E-state index >= 15 is 0 Å². The molecule has 146 valence electrons. The maximum absolute atomic E-state index is 13.6. The largest absolute Gasteiger partial charge is 0.418 e. The van der Waals surface area contributed by atoms with Crippen LogP contribution in [-0.2, 0) is 11.0 Å². The second-order valence-electron chi connectivity index (χ2n) is 6.70. The van der Waals surface area contributed by atoms with Gasteiger partial charge >= 0.3 is 6.18 Å². The van der Waals surface area contributed by atoms with Crippen LogP contribution in [-0.4, -0.2) is 39.2 Å². The number of aromatic nitrogens is 4. The molecule has 0 aromatic carbocycles. The molecule has 3 N–H and O–H groups in total. The number of hydrogen-bond donors (Lipinski definition) is 2. The Labute approximate surface area is 157 Å². The maximum Gasteiger partial charge on any atom is 0.418 e. The SMILES string of the molecule is NC(=O)C1CCN(c2ccc(C(F)(F)F)c(-c3[nH]nc4ncccc34)n2)CC1. The van der Waals surface area contributed by atoms with Crippen LogP contribution in [0, 0.1) is 5.92 Å². The van der Waals surface area contributed by atoms with Crippen LogP contribution in [0.15, 0.2) is 30.5 Å². The first-order chi connectivity index (χ1) is 13.3. The van der Waals surface area contributed by atoms with Crippen LogP contribution in [0.1, 0.15) is 18.4 Å². The lowest BCUT2D eigenvalue weighted by Crippen LogP contribution is -2.39. The second kappa shape index (κ2) is 6.77. The van der Waals surface area contributed by atoms with Gasteiger partial charge in [-0.05, 0) is 37.1 Å². The van der Waals surface area contributed by atoms with Crippen molar-refractivity contribution in [3.8, 4) is 11.4 Å². The molecule has 3 aromatic rings. The van der Waals surface area contributed by atoms with Crippen molar-refractivity contribution in [3.63, 3.8) is 0 Å². The van der Waals surface area contributed by atoms with E-state index < -0.39 is 11.7 Å². The van der Waals surface area contributed by atoms with Crippen molar-refractivity contribution in [3.05, 3.63) is 36.0 Å². The number of halogens is 3. The summed E-state index contributed by atoms with van der Waals surface area (Å²) in [6.07, 6.45) is -1.96. The van der Waals surface area contributed by atoms with E-state index in [4.69, 9.17) is 5.73 Å². The fourth-order valence-electron chi connectivity index (χ4n) is 3.47. The molecule has 0 bridgehead atoms. The molecule has 1 fully saturated rings. The molecule has 28 heavy (non-hydrogen) atoms. The van der Waals surface area contributed by atoms with E-state index in [2.05, 4.69) is 20.2 Å². The quantitative estimate of drug-likeness (QED) is 0.716. The summed E-state index contributed by atoms with van der Waals surface area (Å²) in [4.78, 5) is 21.6. The minimum atomic E-state index is -4.57. The highest BCUT2D eigenvalue weighted by Gasteiger charge is 2.36. The van der Waals surface area contributed by atoms with Crippen LogP contribution in [0.4, 0.5) is 19.0 Å². The van der Waals surface area contributed by atoms with Gasteiger partial charge in [0.2, 0.25) is 5.91 Å². The molecule has 0 atom stereocenters. The molecule has 7 nitrogen and oxygen atoms in total. The number of carbonyl (C=O) groups excluding carboxylic acids is 1. The standard InChI is InChI=1S/C18H17F3N6O/c19-18(20,21)12-3-4-13(27-8-5-10(6-9-27)16(22)28)24-15(12)14-11-2-1-7-23-17(11)26-25-14/h1-4,7,10H,5-6,8-9H2,(H2,22,28)(H,23,25,26). The van der Waals surface area contributed by atoms with Gasteiger partial charge in [-0.2, -0.15) is 18.3 Å². The van der Waals surface area contributed by atoms with E-state index in [1.165, 1.54) is 12.3 Å². The molecule has 1 saturated heterocycles. The molecule has 1 aliphatic heterocycles. The van der Waals surface area contributed by atoms with Gasteiger partial charge in [0, 0.05) is 30.6 Å². The first-order valence-electron chi connectivity index (χ1n) is 8.76. The number of primary amides is 1. The van der Waals surface area contributed by atoms with Gasteiger partial charge in [0.15, 0.2) is 5.65 Å². The van der Waals surface area contributed by atoms with E-state index in [1.54, 1.807) is 12.1 Å². The van der Waals surface area contributed by atoms with E-state index in [0.29, 0.717) is 42.8 Å². The van der Waals surface area contributed by atoms with Crippen LogP contribution in [0.25, 0.3) is 22.4 Å². The summed E-state index contributed by atoms with van der Waals surface area (Å²) in [7, 11) is 0. The average molecular weight is 390 g/mol. The zero-order valence-corrected chi connectivity index (χ0v) is 14.7. The van der Waals surface area contributed by atoms with Gasteiger partial charge in [0.1, 0.15) is 11.5 Å². The minimum absolute atomic E-state index is 0.171. The number of amides is 1. The number of aromatic amines is 1. The molecular weight excluding hydrogens is 373 g/mol. The fourth-order valence-corrected chi connectivity index (χ4v) is 3.47. The first kappa shape index (κ1) is 18.2. The molecule has 0 aliphatic carbocycles. The third kappa shape index (κ3) is 3.25. The number of nitrogens with one attached hydrogen (secondary N) is 1. The lowest BCUT2D eigenvalue weighted by atomic mass is 9.96. The molecule has 4 rings (SSSR count). The number of nitrogens with zero attached hydrogens (tertiary/aromatic N) is 4.